The molecule has 0 atom stereocenters. The first-order valence-electron chi connectivity index (χ1n) is 18.4. The maximum atomic E-state index is 14.5. The van der Waals surface area contributed by atoms with Gasteiger partial charge in [0.15, 0.2) is 5.78 Å². The van der Waals surface area contributed by atoms with Gasteiger partial charge in [0.1, 0.15) is 24.7 Å². The van der Waals surface area contributed by atoms with Crippen molar-refractivity contribution in [3.05, 3.63) is 174 Å². The molecule has 10 nitrogen and oxygen atoms in total. The van der Waals surface area contributed by atoms with Gasteiger partial charge in [-0.1, -0.05) is 97.1 Å². The van der Waals surface area contributed by atoms with E-state index in [2.05, 4.69) is 5.32 Å². The average molecular weight is 820 g/mol. The van der Waals surface area contributed by atoms with Crippen LogP contribution in [0.15, 0.2) is 146 Å². The van der Waals surface area contributed by atoms with Gasteiger partial charge in [0, 0.05) is 40.7 Å². The largest absolute Gasteiger partial charge is 0.516 e. The zero-order chi connectivity index (χ0) is 41.6. The van der Waals surface area contributed by atoms with E-state index in [1.807, 2.05) is 102 Å². The number of hydrogen-bond donors (Lipinski definition) is 2. The summed E-state index contributed by atoms with van der Waals surface area (Å²) in [5, 5.41) is 5.27. The Morgan fingerprint density at radius 2 is 1.31 bits per heavy atom. The van der Waals surface area contributed by atoms with Crippen LogP contribution in [0.3, 0.4) is 0 Å². The number of carbonyl (C=O) groups excluding carboxylic acids is 3. The second-order valence-electron chi connectivity index (χ2n) is 13.5. The number of anilines is 1. The molecule has 0 unspecified atom stereocenters. The maximum Gasteiger partial charge on any atom is 0.516 e. The minimum Gasteiger partial charge on any atom is -0.489 e. The first-order chi connectivity index (χ1) is 28.4. The molecule has 0 aliphatic heterocycles. The number of carbonyl (C=O) groups is 3. The standard InChI is InChI=1S/C45H36F3N3O7S/c46-45(47,48)59(55,56)50-44(54)34-17-9-18-35(25-34)49-41(52)19-10-24-51-39-23-22-37(57-28-30-11-3-1-4-12-30)27-38(39)42(43(53)32-14-5-2-6-15-32)40(51)29-58-36-21-20-31-13-7-8-16-33(31)26-36/h1-9,11-18,20-23,25-27H,10,19,24,28-29H2,(H,49,52)(H,50,54). The van der Waals surface area contributed by atoms with Gasteiger partial charge in [-0.25, -0.2) is 4.72 Å². The highest BCUT2D eigenvalue weighted by molar-refractivity contribution is 7.90. The van der Waals surface area contributed by atoms with E-state index in [0.717, 1.165) is 33.2 Å². The molecule has 7 aromatic rings. The highest BCUT2D eigenvalue weighted by Crippen LogP contribution is 2.34. The van der Waals surface area contributed by atoms with E-state index in [9.17, 15) is 36.0 Å². The van der Waals surface area contributed by atoms with Crippen LogP contribution in [0.4, 0.5) is 18.9 Å². The van der Waals surface area contributed by atoms with Crippen LogP contribution in [0.25, 0.3) is 21.7 Å². The van der Waals surface area contributed by atoms with Crippen molar-refractivity contribution in [3.8, 4) is 11.5 Å². The molecule has 300 valence electrons. The van der Waals surface area contributed by atoms with E-state index >= 15 is 0 Å². The maximum absolute atomic E-state index is 14.5. The molecular formula is C45H36F3N3O7S. The monoisotopic (exact) mass is 819 g/mol. The molecule has 7 rings (SSSR count). The summed E-state index contributed by atoms with van der Waals surface area (Å²) in [5.74, 6) is -1.07. The summed E-state index contributed by atoms with van der Waals surface area (Å²) in [4.78, 5) is 40.0. The van der Waals surface area contributed by atoms with Gasteiger partial charge in [-0.15, -0.1) is 0 Å². The molecule has 0 spiro atoms. The molecular weight excluding hydrogens is 784 g/mol. The van der Waals surface area contributed by atoms with Crippen LogP contribution in [-0.2, 0) is 34.6 Å². The Hall–Kier alpha value is -6.93. The number of amides is 2. The van der Waals surface area contributed by atoms with Gasteiger partial charge in [-0.05, 0) is 71.3 Å². The van der Waals surface area contributed by atoms with Crippen LogP contribution in [0.5, 0.6) is 11.5 Å². The minimum atomic E-state index is -5.93. The number of alkyl halides is 3. The van der Waals surface area contributed by atoms with Crippen LogP contribution >= 0.6 is 0 Å². The lowest BCUT2D eigenvalue weighted by atomic mass is 10.00. The van der Waals surface area contributed by atoms with Gasteiger partial charge in [0.25, 0.3) is 5.91 Å². The van der Waals surface area contributed by atoms with Gasteiger partial charge in [0.2, 0.25) is 5.91 Å². The zero-order valence-corrected chi connectivity index (χ0v) is 32.1. The molecule has 0 aliphatic rings. The molecule has 6 aromatic carbocycles. The predicted octanol–water partition coefficient (Wildman–Crippen LogP) is 9.18. The third kappa shape index (κ3) is 9.45. The Morgan fingerprint density at radius 3 is 2.05 bits per heavy atom. The second-order valence-corrected chi connectivity index (χ2v) is 15.2. The first kappa shape index (κ1) is 40.3. The van der Waals surface area contributed by atoms with Crippen LogP contribution in [0.2, 0.25) is 0 Å². The summed E-state index contributed by atoms with van der Waals surface area (Å²) >= 11 is 0. The third-order valence-corrected chi connectivity index (χ3v) is 10.5. The number of benzene rings is 6. The molecule has 2 amide bonds. The van der Waals surface area contributed by atoms with E-state index in [1.54, 1.807) is 24.3 Å². The molecule has 0 radical (unpaired) electrons. The second kappa shape index (κ2) is 17.3. The van der Waals surface area contributed by atoms with Gasteiger partial charge in [-0.2, -0.15) is 21.6 Å². The van der Waals surface area contributed by atoms with Crippen molar-refractivity contribution < 1.29 is 45.4 Å². The average Bonchev–Trinajstić information content (AvgIpc) is 3.54. The van der Waals surface area contributed by atoms with Crippen LogP contribution < -0.4 is 19.5 Å². The summed E-state index contributed by atoms with van der Waals surface area (Å²) in [6.07, 6.45) is 0.234. The SMILES string of the molecule is O=C(CCCn1c(COc2ccc3ccccc3c2)c(C(=O)c2ccccc2)c2cc(OCc3ccccc3)ccc21)Nc1cccc(C(=O)NS(=O)(=O)C(F)(F)F)c1. The van der Waals surface area contributed by atoms with Crippen LogP contribution in [-0.4, -0.2) is 36.1 Å². The molecule has 2 N–H and O–H groups in total. The summed E-state index contributed by atoms with van der Waals surface area (Å²) in [6, 6.07) is 42.6. The Bertz CT molecular complexity index is 2770. The quantitative estimate of drug-likeness (QED) is 0.0987. The highest BCUT2D eigenvalue weighted by atomic mass is 32.2. The lowest BCUT2D eigenvalue weighted by Gasteiger charge is -2.14. The Balaban J connectivity index is 1.17. The summed E-state index contributed by atoms with van der Waals surface area (Å²) in [7, 11) is -5.93. The summed E-state index contributed by atoms with van der Waals surface area (Å²) in [5.41, 5.74) is -2.87. The minimum absolute atomic E-state index is 0.00619. The number of sulfonamides is 1. The van der Waals surface area contributed by atoms with E-state index in [-0.39, 0.29) is 37.5 Å². The molecule has 0 saturated carbocycles. The molecule has 0 saturated heterocycles. The van der Waals surface area contributed by atoms with Gasteiger partial charge >= 0.3 is 15.5 Å². The highest BCUT2D eigenvalue weighted by Gasteiger charge is 2.47. The number of ketones is 1. The Labute approximate surface area is 337 Å². The van der Waals surface area contributed by atoms with Crippen molar-refractivity contribution in [2.24, 2.45) is 0 Å². The smallest absolute Gasteiger partial charge is 0.489 e. The number of aryl methyl sites for hydroxylation is 1. The zero-order valence-electron chi connectivity index (χ0n) is 31.2. The molecule has 14 heteroatoms. The van der Waals surface area contributed by atoms with Crippen molar-refractivity contribution in [1.29, 1.82) is 0 Å². The number of nitrogens with one attached hydrogen (secondary N) is 2. The first-order valence-corrected chi connectivity index (χ1v) is 19.9. The van der Waals surface area contributed by atoms with E-state index in [4.69, 9.17) is 9.47 Å². The van der Waals surface area contributed by atoms with Gasteiger partial charge in [-0.3, -0.25) is 14.4 Å². The van der Waals surface area contributed by atoms with Crippen molar-refractivity contribution >= 4 is 55.0 Å². The molecule has 0 aliphatic carbocycles. The number of ether oxygens (including phenoxy) is 2. The normalized spacial score (nSPS) is 11.6. The summed E-state index contributed by atoms with van der Waals surface area (Å²) in [6.45, 7) is 0.582. The number of halogens is 3. The van der Waals surface area contributed by atoms with Gasteiger partial charge < -0.3 is 19.4 Å². The van der Waals surface area contributed by atoms with E-state index in [0.29, 0.717) is 45.8 Å². The molecule has 59 heavy (non-hydrogen) atoms. The van der Waals surface area contributed by atoms with Crippen molar-refractivity contribution in [1.82, 2.24) is 9.29 Å². The van der Waals surface area contributed by atoms with Crippen molar-refractivity contribution in [2.45, 2.75) is 38.1 Å². The fourth-order valence-corrected chi connectivity index (χ4v) is 7.09. The lowest BCUT2D eigenvalue weighted by molar-refractivity contribution is -0.116. The van der Waals surface area contributed by atoms with Crippen LogP contribution in [0, 0.1) is 0 Å². The van der Waals surface area contributed by atoms with Crippen molar-refractivity contribution in [3.63, 3.8) is 0 Å². The Morgan fingerprint density at radius 1 is 0.661 bits per heavy atom. The van der Waals surface area contributed by atoms with Gasteiger partial charge in [0.05, 0.1) is 11.3 Å². The van der Waals surface area contributed by atoms with E-state index < -0.39 is 32.9 Å². The number of fused-ring (bicyclic) bond motifs is 2. The predicted molar refractivity (Wildman–Crippen MR) is 218 cm³/mol. The van der Waals surface area contributed by atoms with Crippen molar-refractivity contribution in [2.75, 3.05) is 5.32 Å². The number of nitrogens with zero attached hydrogens (tertiary/aromatic N) is 1. The molecule has 0 fully saturated rings. The number of rotatable bonds is 15. The van der Waals surface area contributed by atoms with Crippen LogP contribution in [0.1, 0.15) is 50.4 Å². The molecule has 1 heterocycles. The number of aromatic nitrogens is 1. The van der Waals surface area contributed by atoms with E-state index in [1.165, 1.54) is 12.1 Å². The number of hydrogen-bond acceptors (Lipinski definition) is 7. The summed E-state index contributed by atoms with van der Waals surface area (Å²) < 4.78 is 76.9. The lowest BCUT2D eigenvalue weighted by Crippen LogP contribution is -2.40. The molecule has 0 bridgehead atoms. The molecule has 1 aromatic heterocycles. The fourth-order valence-electron chi connectivity index (χ4n) is 6.62. The fraction of sp³-hybridized carbons (Fsp3) is 0.133. The Kier molecular flexibility index (Phi) is 11.8. The topological polar surface area (TPSA) is 133 Å². The third-order valence-electron chi connectivity index (χ3n) is 9.48.